The number of halogens is 3. The first-order valence-corrected chi connectivity index (χ1v) is 8.51. The lowest BCUT2D eigenvalue weighted by atomic mass is 9.95. The number of carboxylic acid groups (broad SMARTS) is 1. The van der Waals surface area contributed by atoms with Crippen LogP contribution in [-0.4, -0.2) is 26.8 Å². The summed E-state index contributed by atoms with van der Waals surface area (Å²) in [7, 11) is 0. The van der Waals surface area contributed by atoms with Crippen molar-refractivity contribution in [3.63, 3.8) is 0 Å². The summed E-state index contributed by atoms with van der Waals surface area (Å²) in [5, 5.41) is 9.30. The first kappa shape index (κ1) is 18.5. The minimum absolute atomic E-state index is 0.0139. The number of nitrogens with one attached hydrogen (secondary N) is 1. The van der Waals surface area contributed by atoms with Crippen molar-refractivity contribution >= 4 is 63.5 Å². The van der Waals surface area contributed by atoms with Crippen molar-refractivity contribution in [1.29, 1.82) is 0 Å². The third-order valence-corrected chi connectivity index (χ3v) is 5.40. The van der Waals surface area contributed by atoms with Crippen molar-refractivity contribution in [2.24, 2.45) is 0 Å². The molecule has 0 bridgehead atoms. The molecule has 0 atom stereocenters. The van der Waals surface area contributed by atoms with Gasteiger partial charge in [-0.2, -0.15) is 0 Å². The summed E-state index contributed by atoms with van der Waals surface area (Å²) in [6, 6.07) is 5.14. The number of ketones is 1. The van der Waals surface area contributed by atoms with Crippen molar-refractivity contribution in [3.05, 3.63) is 55.5 Å². The number of aromatic carboxylic acids is 1. The first-order chi connectivity index (χ1) is 12.2. The van der Waals surface area contributed by atoms with Crippen LogP contribution < -0.4 is 5.73 Å². The number of nitrogens with two attached hydrogens (primary N) is 1. The van der Waals surface area contributed by atoms with Crippen LogP contribution in [0.15, 0.2) is 18.2 Å². The van der Waals surface area contributed by atoms with Crippen LogP contribution in [0.25, 0.3) is 11.0 Å². The number of imidazole rings is 1. The molecular weight excluding hydrogens is 401 g/mol. The predicted octanol–water partition coefficient (Wildman–Crippen LogP) is 4.54. The lowest BCUT2D eigenvalue weighted by Gasteiger charge is -2.14. The van der Waals surface area contributed by atoms with E-state index >= 15 is 0 Å². The number of rotatable bonds is 4. The van der Waals surface area contributed by atoms with Gasteiger partial charge < -0.3 is 15.8 Å². The van der Waals surface area contributed by atoms with Crippen LogP contribution in [0, 0.1) is 6.92 Å². The summed E-state index contributed by atoms with van der Waals surface area (Å²) < 4.78 is 0. The zero-order valence-electron chi connectivity index (χ0n) is 13.4. The maximum atomic E-state index is 12.8. The molecule has 6 nitrogen and oxygen atoms in total. The Morgan fingerprint density at radius 2 is 1.85 bits per heavy atom. The van der Waals surface area contributed by atoms with Gasteiger partial charge in [-0.1, -0.05) is 40.9 Å². The monoisotopic (exact) mass is 411 g/mol. The molecule has 2 aromatic carbocycles. The largest absolute Gasteiger partial charge is 0.478 e. The molecular formula is C17H12Cl3N3O3. The fourth-order valence-electron chi connectivity index (χ4n) is 2.77. The van der Waals surface area contributed by atoms with Crippen molar-refractivity contribution in [3.8, 4) is 0 Å². The second kappa shape index (κ2) is 6.79. The van der Waals surface area contributed by atoms with E-state index in [0.29, 0.717) is 16.6 Å². The molecule has 3 rings (SSSR count). The van der Waals surface area contributed by atoms with E-state index in [1.165, 1.54) is 6.92 Å². The number of anilines is 1. The second-order valence-corrected chi connectivity index (χ2v) is 6.83. The van der Waals surface area contributed by atoms with Crippen molar-refractivity contribution in [2.75, 3.05) is 5.73 Å². The number of carbonyl (C=O) groups excluding carboxylic acids is 1. The summed E-state index contributed by atoms with van der Waals surface area (Å²) in [6.07, 6.45) is -0.0771. The number of nitrogen functional groups attached to an aromatic ring is 1. The van der Waals surface area contributed by atoms with Crippen LogP contribution in [0.3, 0.4) is 0 Å². The minimum atomic E-state index is -1.30. The van der Waals surface area contributed by atoms with Gasteiger partial charge in [0, 0.05) is 6.42 Å². The number of H-pyrrole nitrogens is 1. The van der Waals surface area contributed by atoms with Gasteiger partial charge >= 0.3 is 5.97 Å². The van der Waals surface area contributed by atoms with Gasteiger partial charge in [0.15, 0.2) is 11.7 Å². The molecule has 1 aromatic heterocycles. The molecule has 0 aliphatic carbocycles. The molecule has 0 aliphatic heterocycles. The lowest BCUT2D eigenvalue weighted by Crippen LogP contribution is -2.14. The van der Waals surface area contributed by atoms with E-state index in [9.17, 15) is 14.7 Å². The van der Waals surface area contributed by atoms with Crippen LogP contribution in [0.5, 0.6) is 0 Å². The molecule has 0 amide bonds. The fourth-order valence-corrected chi connectivity index (χ4v) is 3.54. The molecule has 0 radical (unpaired) electrons. The molecule has 26 heavy (non-hydrogen) atoms. The average molecular weight is 413 g/mol. The highest BCUT2D eigenvalue weighted by Crippen LogP contribution is 2.39. The standard InChI is InChI=1S/C17H12Cl3N3O3/c1-6-11(16(25)26)12(14(19)15(20)13(6)18)10(24)5-7-2-3-8-9(4-7)23-17(21)22-8/h2-4H,5H2,1H3,(H,25,26)(H3,21,22,23). The number of Topliss-reactive ketones (excluding diaryl/α,β-unsaturated/α-hetero) is 1. The Bertz CT molecular complexity index is 1080. The zero-order chi connectivity index (χ0) is 19.2. The highest BCUT2D eigenvalue weighted by molar-refractivity contribution is 6.50. The normalized spacial score (nSPS) is 11.1. The Morgan fingerprint density at radius 3 is 2.50 bits per heavy atom. The highest BCUT2D eigenvalue weighted by atomic mass is 35.5. The van der Waals surface area contributed by atoms with Gasteiger partial charge in [-0.05, 0) is 30.2 Å². The Hall–Kier alpha value is -2.28. The molecule has 0 fully saturated rings. The minimum Gasteiger partial charge on any atom is -0.478 e. The number of carboxylic acids is 1. The molecule has 3 aromatic rings. The Balaban J connectivity index is 2.07. The number of hydrogen-bond acceptors (Lipinski definition) is 4. The topological polar surface area (TPSA) is 109 Å². The fraction of sp³-hybridized carbons (Fsp3) is 0.118. The van der Waals surface area contributed by atoms with Gasteiger partial charge in [0.2, 0.25) is 0 Å². The lowest BCUT2D eigenvalue weighted by molar-refractivity contribution is 0.0691. The number of aromatic amines is 1. The van der Waals surface area contributed by atoms with Crippen molar-refractivity contribution in [2.45, 2.75) is 13.3 Å². The smallest absolute Gasteiger partial charge is 0.336 e. The van der Waals surface area contributed by atoms with Crippen LogP contribution in [-0.2, 0) is 6.42 Å². The Kier molecular flexibility index (Phi) is 4.84. The third kappa shape index (κ3) is 3.11. The summed E-state index contributed by atoms with van der Waals surface area (Å²) in [5.74, 6) is -1.52. The van der Waals surface area contributed by atoms with E-state index in [1.54, 1.807) is 18.2 Å². The molecule has 4 N–H and O–H groups in total. The maximum absolute atomic E-state index is 12.8. The SMILES string of the molecule is Cc1c(Cl)c(Cl)c(Cl)c(C(=O)Cc2ccc3nc(N)[nH]c3c2)c1C(=O)O. The average Bonchev–Trinajstić information content (AvgIpc) is 2.94. The van der Waals surface area contributed by atoms with Gasteiger partial charge in [0.05, 0.1) is 37.2 Å². The van der Waals surface area contributed by atoms with Crippen LogP contribution >= 0.6 is 34.8 Å². The van der Waals surface area contributed by atoms with Gasteiger partial charge in [-0.3, -0.25) is 4.79 Å². The molecule has 134 valence electrons. The van der Waals surface area contributed by atoms with Crippen LogP contribution in [0.1, 0.15) is 31.8 Å². The van der Waals surface area contributed by atoms with E-state index in [-0.39, 0.29) is 44.1 Å². The van der Waals surface area contributed by atoms with Crippen molar-refractivity contribution in [1.82, 2.24) is 9.97 Å². The molecule has 0 spiro atoms. The van der Waals surface area contributed by atoms with E-state index in [4.69, 9.17) is 40.5 Å². The first-order valence-electron chi connectivity index (χ1n) is 7.38. The zero-order valence-corrected chi connectivity index (χ0v) is 15.6. The van der Waals surface area contributed by atoms with Crippen LogP contribution in [0.4, 0.5) is 5.95 Å². The molecule has 0 aliphatic rings. The molecule has 1 heterocycles. The molecule has 9 heteroatoms. The second-order valence-electron chi connectivity index (χ2n) is 5.70. The summed E-state index contributed by atoms with van der Waals surface area (Å²) in [5.41, 5.74) is 7.36. The number of aromatic nitrogens is 2. The van der Waals surface area contributed by atoms with Gasteiger partial charge in [-0.25, -0.2) is 9.78 Å². The number of hydrogen-bond donors (Lipinski definition) is 3. The number of benzene rings is 2. The van der Waals surface area contributed by atoms with Crippen molar-refractivity contribution < 1.29 is 14.7 Å². The number of nitrogens with zero attached hydrogens (tertiary/aromatic N) is 1. The highest BCUT2D eigenvalue weighted by Gasteiger charge is 2.27. The van der Waals surface area contributed by atoms with Gasteiger partial charge in [0.25, 0.3) is 0 Å². The van der Waals surface area contributed by atoms with E-state index < -0.39 is 11.8 Å². The quantitative estimate of drug-likeness (QED) is 0.430. The van der Waals surface area contributed by atoms with Gasteiger partial charge in [0.1, 0.15) is 0 Å². The molecule has 0 saturated heterocycles. The van der Waals surface area contributed by atoms with Crippen LogP contribution in [0.2, 0.25) is 15.1 Å². The number of carbonyl (C=O) groups is 2. The summed E-state index contributed by atoms with van der Waals surface area (Å²) in [6.45, 7) is 1.48. The van der Waals surface area contributed by atoms with E-state index in [1.807, 2.05) is 0 Å². The molecule has 0 saturated carbocycles. The maximum Gasteiger partial charge on any atom is 0.336 e. The molecule has 0 unspecified atom stereocenters. The number of fused-ring (bicyclic) bond motifs is 1. The van der Waals surface area contributed by atoms with E-state index in [2.05, 4.69) is 9.97 Å². The Labute approximate surface area is 162 Å². The van der Waals surface area contributed by atoms with E-state index in [0.717, 1.165) is 0 Å². The third-order valence-electron chi connectivity index (χ3n) is 3.98. The predicted molar refractivity (Wildman–Crippen MR) is 102 cm³/mol. The Morgan fingerprint density at radius 1 is 1.15 bits per heavy atom. The summed E-state index contributed by atoms with van der Waals surface area (Å²) >= 11 is 18.2. The summed E-state index contributed by atoms with van der Waals surface area (Å²) in [4.78, 5) is 31.4. The van der Waals surface area contributed by atoms with Gasteiger partial charge in [-0.15, -0.1) is 0 Å².